The molecule has 1 unspecified atom stereocenters. The Morgan fingerprint density at radius 1 is 1.31 bits per heavy atom. The second-order valence-corrected chi connectivity index (χ2v) is 8.31. The van der Waals surface area contributed by atoms with Gasteiger partial charge in [0, 0.05) is 5.56 Å². The van der Waals surface area contributed by atoms with Crippen molar-refractivity contribution in [1.29, 1.82) is 0 Å². The summed E-state index contributed by atoms with van der Waals surface area (Å²) in [5.41, 5.74) is 6.30. The minimum absolute atomic E-state index is 0.0356. The Labute approximate surface area is 188 Å². The molecule has 0 radical (unpaired) electrons. The van der Waals surface area contributed by atoms with Crippen molar-refractivity contribution in [3.63, 3.8) is 0 Å². The number of nitrogens with zero attached hydrogens (tertiary/aromatic N) is 4. The Bertz CT molecular complexity index is 1130. The Morgan fingerprint density at radius 2 is 2.06 bits per heavy atom. The molecule has 1 aromatic heterocycles. The van der Waals surface area contributed by atoms with Gasteiger partial charge in [0.25, 0.3) is 0 Å². The van der Waals surface area contributed by atoms with E-state index < -0.39 is 11.7 Å². The average molecular weight is 467 g/mol. The molecule has 2 aliphatic rings. The van der Waals surface area contributed by atoms with Gasteiger partial charge in [-0.1, -0.05) is 11.6 Å². The molecule has 1 atom stereocenters. The first kappa shape index (κ1) is 22.3. The highest BCUT2D eigenvalue weighted by atomic mass is 35.5. The maximum Gasteiger partial charge on any atom is 0.418 e. The molecule has 0 amide bonds. The van der Waals surface area contributed by atoms with Gasteiger partial charge in [-0.2, -0.15) is 13.2 Å². The lowest BCUT2D eigenvalue weighted by Crippen LogP contribution is -2.29. The quantitative estimate of drug-likeness (QED) is 0.704. The van der Waals surface area contributed by atoms with Gasteiger partial charge in [-0.25, -0.2) is 9.98 Å². The number of nitrogens with one attached hydrogen (secondary N) is 1. The standard InChI is InChI=1S/C21H22ClF3N6O/c1-10-6-14(26)30-18(16(10)21(23,24)25)11-7-13-15-19(27-8-28-20(15)17(11)22)12(29-9-32-13)4-5-31(2)3/h6-7,9,12,28H,4-5,8H2,1-3H3,(H2,26,30). The first-order valence-corrected chi connectivity index (χ1v) is 10.3. The molecule has 4 rings (SSSR count). The Kier molecular flexibility index (Phi) is 5.76. The van der Waals surface area contributed by atoms with Gasteiger partial charge in [0.2, 0.25) is 0 Å². The van der Waals surface area contributed by atoms with E-state index in [4.69, 9.17) is 22.1 Å². The molecule has 0 bridgehead atoms. The number of alkyl halides is 3. The minimum Gasteiger partial charge on any atom is -0.445 e. The number of hydrogen-bond acceptors (Lipinski definition) is 7. The van der Waals surface area contributed by atoms with E-state index in [-0.39, 0.29) is 40.4 Å². The summed E-state index contributed by atoms with van der Waals surface area (Å²) in [6.07, 6.45) is -2.65. The van der Waals surface area contributed by atoms with Crippen molar-refractivity contribution in [2.45, 2.75) is 25.6 Å². The average Bonchev–Trinajstić information content (AvgIpc) is 2.87. The first-order chi connectivity index (χ1) is 15.1. The fraction of sp³-hybridized carbons (Fsp3) is 0.381. The van der Waals surface area contributed by atoms with E-state index in [0.717, 1.165) is 6.54 Å². The van der Waals surface area contributed by atoms with Crippen molar-refractivity contribution in [2.75, 3.05) is 38.4 Å². The number of hydrogen-bond donors (Lipinski definition) is 2. The van der Waals surface area contributed by atoms with E-state index in [1.165, 1.54) is 25.5 Å². The van der Waals surface area contributed by atoms with Crippen LogP contribution in [0.3, 0.4) is 0 Å². The van der Waals surface area contributed by atoms with Gasteiger partial charge in [0.1, 0.15) is 18.2 Å². The van der Waals surface area contributed by atoms with Crippen LogP contribution in [0.4, 0.5) is 24.7 Å². The summed E-state index contributed by atoms with van der Waals surface area (Å²) >= 11 is 6.66. The molecular weight excluding hydrogens is 445 g/mol. The zero-order valence-electron chi connectivity index (χ0n) is 17.7. The van der Waals surface area contributed by atoms with Crippen molar-refractivity contribution in [2.24, 2.45) is 9.98 Å². The lowest BCUT2D eigenvalue weighted by Gasteiger charge is -2.26. The van der Waals surface area contributed by atoms with Crippen LogP contribution in [0.15, 0.2) is 22.1 Å². The molecule has 1 aromatic carbocycles. The number of nitrogen functional groups attached to an aromatic ring is 1. The third-order valence-corrected chi connectivity index (χ3v) is 5.74. The zero-order valence-corrected chi connectivity index (χ0v) is 18.5. The molecule has 11 heteroatoms. The van der Waals surface area contributed by atoms with Gasteiger partial charge < -0.3 is 20.7 Å². The number of aryl methyl sites for hydroxylation is 1. The van der Waals surface area contributed by atoms with Crippen LogP contribution < -0.4 is 15.8 Å². The van der Waals surface area contributed by atoms with Gasteiger partial charge in [-0.15, -0.1) is 0 Å². The van der Waals surface area contributed by atoms with E-state index >= 15 is 0 Å². The molecular formula is C21H22ClF3N6O. The van der Waals surface area contributed by atoms with E-state index in [0.29, 0.717) is 29.1 Å². The Balaban J connectivity index is 1.91. The van der Waals surface area contributed by atoms with Crippen molar-refractivity contribution in [1.82, 2.24) is 9.88 Å². The normalized spacial score (nSPS) is 17.4. The van der Waals surface area contributed by atoms with Crippen LogP contribution in [0, 0.1) is 6.92 Å². The first-order valence-electron chi connectivity index (χ1n) is 9.90. The van der Waals surface area contributed by atoms with Crippen molar-refractivity contribution in [3.05, 3.63) is 33.8 Å². The Hall–Kier alpha value is -2.85. The predicted molar refractivity (Wildman–Crippen MR) is 120 cm³/mol. The summed E-state index contributed by atoms with van der Waals surface area (Å²) in [4.78, 5) is 15.1. The number of nitrogens with two attached hydrogens (primary N) is 1. The summed E-state index contributed by atoms with van der Waals surface area (Å²) in [6.45, 7) is 2.33. The molecule has 2 aromatic rings. The number of aromatic nitrogens is 1. The lowest BCUT2D eigenvalue weighted by molar-refractivity contribution is -0.137. The number of aliphatic imine (C=N–C) groups is 2. The van der Waals surface area contributed by atoms with E-state index in [9.17, 15) is 13.2 Å². The fourth-order valence-electron chi connectivity index (χ4n) is 3.95. The number of pyridine rings is 1. The molecule has 3 N–H and O–H groups in total. The third-order valence-electron chi connectivity index (χ3n) is 5.35. The van der Waals surface area contributed by atoms with Crippen LogP contribution in [0.25, 0.3) is 11.3 Å². The predicted octanol–water partition coefficient (Wildman–Crippen LogP) is 4.22. The molecule has 0 fully saturated rings. The molecule has 0 saturated carbocycles. The number of anilines is 2. The van der Waals surface area contributed by atoms with Gasteiger partial charge in [-0.3, -0.25) is 4.99 Å². The molecule has 0 spiro atoms. The number of rotatable bonds is 4. The summed E-state index contributed by atoms with van der Waals surface area (Å²) in [7, 11) is 3.92. The lowest BCUT2D eigenvalue weighted by atomic mass is 9.93. The van der Waals surface area contributed by atoms with Crippen LogP contribution in [0.2, 0.25) is 5.02 Å². The molecule has 170 valence electrons. The number of benzene rings is 1. The number of halogens is 4. The maximum absolute atomic E-state index is 13.9. The van der Waals surface area contributed by atoms with Crippen LogP contribution in [-0.2, 0) is 6.18 Å². The molecule has 32 heavy (non-hydrogen) atoms. The molecule has 7 nitrogen and oxygen atoms in total. The van der Waals surface area contributed by atoms with Crippen molar-refractivity contribution < 1.29 is 17.9 Å². The van der Waals surface area contributed by atoms with Crippen LogP contribution in [-0.4, -0.2) is 55.3 Å². The highest BCUT2D eigenvalue weighted by molar-refractivity contribution is 6.37. The van der Waals surface area contributed by atoms with Gasteiger partial charge in [-0.05, 0) is 51.7 Å². The number of ether oxygens (including phenoxy) is 1. The Morgan fingerprint density at radius 3 is 2.75 bits per heavy atom. The smallest absolute Gasteiger partial charge is 0.418 e. The van der Waals surface area contributed by atoms with Crippen molar-refractivity contribution >= 4 is 35.2 Å². The molecule has 3 heterocycles. The highest BCUT2D eigenvalue weighted by Crippen LogP contribution is 2.47. The third kappa shape index (κ3) is 4.00. The SMILES string of the molecule is Cc1cc(N)nc(-c2cc3c4c(c2Cl)NCN=C4C(CCN(C)C)N=CO3)c1C(F)(F)F. The summed E-state index contributed by atoms with van der Waals surface area (Å²) in [5.74, 6) is 0.267. The second-order valence-electron chi connectivity index (χ2n) is 7.93. The molecule has 2 aliphatic heterocycles. The summed E-state index contributed by atoms with van der Waals surface area (Å²) in [5, 5.41) is 3.17. The van der Waals surface area contributed by atoms with E-state index in [2.05, 4.69) is 20.3 Å². The minimum atomic E-state index is -4.65. The summed E-state index contributed by atoms with van der Waals surface area (Å²) in [6, 6.07) is 2.37. The molecule has 0 aliphatic carbocycles. The van der Waals surface area contributed by atoms with Gasteiger partial charge in [0.15, 0.2) is 6.40 Å². The van der Waals surface area contributed by atoms with Gasteiger partial charge >= 0.3 is 6.18 Å². The molecule has 0 saturated heterocycles. The fourth-order valence-corrected chi connectivity index (χ4v) is 4.25. The van der Waals surface area contributed by atoms with Crippen LogP contribution in [0.1, 0.15) is 23.1 Å². The van der Waals surface area contributed by atoms with Crippen LogP contribution >= 0.6 is 11.6 Å². The second kappa shape index (κ2) is 8.25. The largest absolute Gasteiger partial charge is 0.445 e. The summed E-state index contributed by atoms with van der Waals surface area (Å²) < 4.78 is 47.4. The van der Waals surface area contributed by atoms with Crippen molar-refractivity contribution in [3.8, 4) is 17.0 Å². The van der Waals surface area contributed by atoms with Gasteiger partial charge in [0.05, 0.1) is 39.3 Å². The topological polar surface area (TPSA) is 88.1 Å². The highest BCUT2D eigenvalue weighted by Gasteiger charge is 2.39. The van der Waals surface area contributed by atoms with E-state index in [1.807, 2.05) is 19.0 Å². The maximum atomic E-state index is 13.9. The van der Waals surface area contributed by atoms with E-state index in [1.54, 1.807) is 0 Å². The van der Waals surface area contributed by atoms with Crippen LogP contribution in [0.5, 0.6) is 5.75 Å². The monoisotopic (exact) mass is 466 g/mol. The zero-order chi connectivity index (χ0) is 23.2.